The Morgan fingerprint density at radius 1 is 1.24 bits per heavy atom. The molecule has 0 radical (unpaired) electrons. The Hall–Kier alpha value is -3.17. The number of carbonyl (C=O) groups excluding carboxylic acids is 2. The van der Waals surface area contributed by atoms with Gasteiger partial charge in [-0.1, -0.05) is 18.2 Å². The van der Waals surface area contributed by atoms with Gasteiger partial charge in [0.05, 0.1) is 17.7 Å². The van der Waals surface area contributed by atoms with E-state index in [-0.39, 0.29) is 17.7 Å². The molecule has 1 fully saturated rings. The summed E-state index contributed by atoms with van der Waals surface area (Å²) >= 11 is 0. The highest BCUT2D eigenvalue weighted by Crippen LogP contribution is 2.43. The van der Waals surface area contributed by atoms with Crippen LogP contribution < -0.4 is 10.1 Å². The molecule has 1 N–H and O–H groups in total. The van der Waals surface area contributed by atoms with E-state index in [4.69, 9.17) is 4.74 Å². The number of benzene rings is 2. The summed E-state index contributed by atoms with van der Waals surface area (Å²) in [5.41, 5.74) is 1.40. The van der Waals surface area contributed by atoms with Gasteiger partial charge in [0.25, 0.3) is 5.91 Å². The zero-order valence-corrected chi connectivity index (χ0v) is 16.5. The summed E-state index contributed by atoms with van der Waals surface area (Å²) in [5.74, 6) is -0.0205. The molecule has 2 amide bonds. The number of fused-ring (bicyclic) bond motifs is 1. The number of nitrogens with one attached hydrogen (secondary N) is 1. The van der Waals surface area contributed by atoms with Crippen LogP contribution in [0.25, 0.3) is 0 Å². The molecule has 0 aliphatic carbocycles. The van der Waals surface area contributed by atoms with Crippen molar-refractivity contribution in [3.63, 3.8) is 0 Å². The van der Waals surface area contributed by atoms with E-state index in [1.54, 1.807) is 42.5 Å². The molecule has 0 bridgehead atoms. The smallest absolute Gasteiger partial charge is 0.260 e. The highest BCUT2D eigenvalue weighted by atomic mass is 16.5. The fourth-order valence-electron chi connectivity index (χ4n) is 4.23. The van der Waals surface area contributed by atoms with Gasteiger partial charge in [0.1, 0.15) is 11.4 Å². The van der Waals surface area contributed by atoms with Gasteiger partial charge in [-0.15, -0.1) is 0 Å². The van der Waals surface area contributed by atoms with Crippen LogP contribution in [-0.4, -0.2) is 41.4 Å². The van der Waals surface area contributed by atoms with Gasteiger partial charge in [0, 0.05) is 30.1 Å². The van der Waals surface area contributed by atoms with E-state index >= 15 is 0 Å². The lowest BCUT2D eigenvalue weighted by molar-refractivity contribution is -0.134. The Morgan fingerprint density at radius 3 is 2.72 bits per heavy atom. The number of carbonyl (C=O) groups is 2. The molecule has 0 spiro atoms. The minimum atomic E-state index is -0.549. The van der Waals surface area contributed by atoms with Crippen LogP contribution in [0.15, 0.2) is 48.5 Å². The Morgan fingerprint density at radius 2 is 2.00 bits per heavy atom. The van der Waals surface area contributed by atoms with Crippen molar-refractivity contribution >= 4 is 11.8 Å². The number of hydrogen-bond acceptors (Lipinski definition) is 5. The van der Waals surface area contributed by atoms with Crippen molar-refractivity contribution in [2.75, 3.05) is 13.1 Å². The van der Waals surface area contributed by atoms with Crippen LogP contribution in [-0.2, 0) is 4.79 Å². The van der Waals surface area contributed by atoms with Gasteiger partial charge in [-0.3, -0.25) is 14.5 Å². The molecule has 6 heteroatoms. The molecule has 2 aromatic carbocycles. The summed E-state index contributed by atoms with van der Waals surface area (Å²) < 4.78 is 6.09. The number of piperazine rings is 1. The molecular weight excluding hydrogens is 366 g/mol. The Bertz CT molecular complexity index is 994. The first-order valence-electron chi connectivity index (χ1n) is 9.77. The summed E-state index contributed by atoms with van der Waals surface area (Å²) in [6, 6.07) is 15.8. The average Bonchev–Trinajstić information content (AvgIpc) is 2.72. The summed E-state index contributed by atoms with van der Waals surface area (Å²) in [4.78, 5) is 27.6. The van der Waals surface area contributed by atoms with Gasteiger partial charge in [-0.05, 0) is 50.6 Å². The maximum absolute atomic E-state index is 13.4. The second-order valence-electron chi connectivity index (χ2n) is 8.13. The van der Waals surface area contributed by atoms with E-state index in [9.17, 15) is 14.9 Å². The van der Waals surface area contributed by atoms with Gasteiger partial charge < -0.3 is 10.1 Å². The third-order valence-corrected chi connectivity index (χ3v) is 5.54. The van der Waals surface area contributed by atoms with Crippen LogP contribution >= 0.6 is 0 Å². The summed E-state index contributed by atoms with van der Waals surface area (Å²) in [7, 11) is 0. The largest absolute Gasteiger partial charge is 0.488 e. The molecule has 2 aromatic rings. The van der Waals surface area contributed by atoms with Gasteiger partial charge in [0.15, 0.2) is 0 Å². The molecule has 2 heterocycles. The first kappa shape index (κ1) is 19.2. The zero-order valence-electron chi connectivity index (χ0n) is 16.5. The molecule has 4 rings (SSSR count). The van der Waals surface area contributed by atoms with Crippen LogP contribution in [0.3, 0.4) is 0 Å². The Kier molecular flexibility index (Phi) is 4.85. The van der Waals surface area contributed by atoms with E-state index in [0.717, 1.165) is 5.56 Å². The highest BCUT2D eigenvalue weighted by Gasteiger charge is 2.44. The van der Waals surface area contributed by atoms with Gasteiger partial charge >= 0.3 is 0 Å². The number of amides is 2. The van der Waals surface area contributed by atoms with Gasteiger partial charge in [0.2, 0.25) is 5.91 Å². The first-order chi connectivity index (χ1) is 13.9. The molecule has 2 aliphatic heterocycles. The third-order valence-electron chi connectivity index (χ3n) is 5.54. The SMILES string of the molecule is CC1(C)CC(C2NCCN(C(=O)c3ccccc3)C2=O)c2cc(C#N)ccc2O1. The van der Waals surface area contributed by atoms with Crippen molar-refractivity contribution in [1.82, 2.24) is 10.2 Å². The fourth-order valence-corrected chi connectivity index (χ4v) is 4.23. The van der Waals surface area contributed by atoms with E-state index in [1.807, 2.05) is 19.9 Å². The second-order valence-corrected chi connectivity index (χ2v) is 8.13. The predicted molar refractivity (Wildman–Crippen MR) is 107 cm³/mol. The Labute approximate surface area is 170 Å². The number of rotatable bonds is 2. The molecule has 0 aromatic heterocycles. The Balaban J connectivity index is 1.68. The van der Waals surface area contributed by atoms with E-state index in [1.165, 1.54) is 4.90 Å². The molecule has 2 atom stereocenters. The lowest BCUT2D eigenvalue weighted by atomic mass is 9.78. The number of ether oxygens (including phenoxy) is 1. The van der Waals surface area contributed by atoms with E-state index in [0.29, 0.717) is 36.4 Å². The molecule has 29 heavy (non-hydrogen) atoms. The molecular formula is C23H23N3O3. The first-order valence-corrected chi connectivity index (χ1v) is 9.77. The van der Waals surface area contributed by atoms with Crippen molar-refractivity contribution in [3.05, 3.63) is 65.2 Å². The van der Waals surface area contributed by atoms with E-state index < -0.39 is 11.6 Å². The van der Waals surface area contributed by atoms with Crippen LogP contribution in [0.5, 0.6) is 5.75 Å². The highest BCUT2D eigenvalue weighted by molar-refractivity contribution is 6.06. The van der Waals surface area contributed by atoms with Crippen molar-refractivity contribution in [2.24, 2.45) is 0 Å². The molecule has 0 saturated carbocycles. The summed E-state index contributed by atoms with van der Waals surface area (Å²) in [6.45, 7) is 4.84. The molecule has 1 saturated heterocycles. The van der Waals surface area contributed by atoms with Crippen LogP contribution in [0.2, 0.25) is 0 Å². The maximum Gasteiger partial charge on any atom is 0.260 e. The van der Waals surface area contributed by atoms with E-state index in [2.05, 4.69) is 11.4 Å². The number of hydrogen-bond donors (Lipinski definition) is 1. The minimum Gasteiger partial charge on any atom is -0.488 e. The quantitative estimate of drug-likeness (QED) is 0.799. The third kappa shape index (κ3) is 3.62. The average molecular weight is 389 g/mol. The lowest BCUT2D eigenvalue weighted by Gasteiger charge is -2.43. The van der Waals surface area contributed by atoms with Gasteiger partial charge in [-0.2, -0.15) is 5.26 Å². The summed E-state index contributed by atoms with van der Waals surface area (Å²) in [6.07, 6.45) is 0.603. The maximum atomic E-state index is 13.4. The standard InChI is InChI=1S/C23H23N3O3/c1-23(2)13-18(17-12-15(14-24)8-9-19(17)29-23)20-22(28)26(11-10-25-20)21(27)16-6-4-3-5-7-16/h3-9,12,18,20,25H,10-11,13H2,1-2H3. The normalized spacial score (nSPS) is 22.9. The number of nitrogens with zero attached hydrogens (tertiary/aromatic N) is 2. The zero-order chi connectivity index (χ0) is 20.6. The minimum absolute atomic E-state index is 0.194. The number of nitriles is 1. The summed E-state index contributed by atoms with van der Waals surface area (Å²) in [5, 5.41) is 12.6. The second kappa shape index (κ2) is 7.34. The van der Waals surface area contributed by atoms with Crippen LogP contribution in [0.1, 0.15) is 47.7 Å². The van der Waals surface area contributed by atoms with Crippen molar-refractivity contribution in [3.8, 4) is 11.8 Å². The van der Waals surface area contributed by atoms with Crippen molar-refractivity contribution in [2.45, 2.75) is 37.8 Å². The monoisotopic (exact) mass is 389 g/mol. The molecule has 6 nitrogen and oxygen atoms in total. The predicted octanol–water partition coefficient (Wildman–Crippen LogP) is 2.84. The molecule has 2 unspecified atom stereocenters. The van der Waals surface area contributed by atoms with Crippen LogP contribution in [0, 0.1) is 11.3 Å². The van der Waals surface area contributed by atoms with Crippen molar-refractivity contribution in [1.29, 1.82) is 5.26 Å². The molecule has 148 valence electrons. The number of imide groups is 1. The fraction of sp³-hybridized carbons (Fsp3) is 0.348. The molecule has 2 aliphatic rings. The topological polar surface area (TPSA) is 82.4 Å². The van der Waals surface area contributed by atoms with Crippen LogP contribution in [0.4, 0.5) is 0 Å². The van der Waals surface area contributed by atoms with Gasteiger partial charge in [-0.25, -0.2) is 0 Å². The lowest BCUT2D eigenvalue weighted by Crippen LogP contribution is -2.60. The van der Waals surface area contributed by atoms with Crippen molar-refractivity contribution < 1.29 is 14.3 Å².